The highest BCUT2D eigenvalue weighted by Gasteiger charge is 2.34. The van der Waals surface area contributed by atoms with Crippen LogP contribution >= 0.6 is 11.6 Å². The Morgan fingerprint density at radius 1 is 0.844 bits per heavy atom. The van der Waals surface area contributed by atoms with E-state index in [2.05, 4.69) is 5.32 Å². The number of halogens is 1. The van der Waals surface area contributed by atoms with Gasteiger partial charge in [0.1, 0.15) is 12.6 Å². The van der Waals surface area contributed by atoms with Gasteiger partial charge < -0.3 is 10.2 Å². The average molecular weight is 646 g/mol. The van der Waals surface area contributed by atoms with Crippen molar-refractivity contribution in [2.24, 2.45) is 0 Å². The molecule has 1 atom stereocenters. The second-order valence-electron chi connectivity index (χ2n) is 11.1. The summed E-state index contributed by atoms with van der Waals surface area (Å²) in [6.07, 6.45) is 1.96. The maximum absolute atomic E-state index is 14.5. The summed E-state index contributed by atoms with van der Waals surface area (Å²) >= 11 is 6.45. The first-order chi connectivity index (χ1) is 21.6. The second kappa shape index (κ2) is 15.7. The standard InChI is InChI=1S/C36H40ClN3O4S/c1-4-5-21-38-36(42)34(23-29-14-8-6-9-15-29)39(25-30-16-12-13-27(2)22-30)35(41)26-40(31-20-19-28(3)33(37)24-31)45(43,44)32-17-10-7-11-18-32/h6-20,22,24,34H,4-5,21,23,25-26H2,1-3H3,(H,38,42)/t34-/m1/s1. The van der Waals surface area contributed by atoms with Crippen LogP contribution in [-0.4, -0.2) is 44.3 Å². The summed E-state index contributed by atoms with van der Waals surface area (Å²) in [7, 11) is -4.19. The van der Waals surface area contributed by atoms with E-state index in [0.29, 0.717) is 11.6 Å². The van der Waals surface area contributed by atoms with Gasteiger partial charge in [0, 0.05) is 24.5 Å². The van der Waals surface area contributed by atoms with Crippen molar-refractivity contribution in [3.05, 3.63) is 130 Å². The van der Waals surface area contributed by atoms with Crippen LogP contribution in [0.4, 0.5) is 5.69 Å². The fraction of sp³-hybridized carbons (Fsp3) is 0.278. The van der Waals surface area contributed by atoms with Crippen LogP contribution in [0.2, 0.25) is 5.02 Å². The van der Waals surface area contributed by atoms with E-state index in [0.717, 1.165) is 39.4 Å². The number of nitrogens with one attached hydrogen (secondary N) is 1. The highest BCUT2D eigenvalue weighted by atomic mass is 35.5. The number of aryl methyl sites for hydroxylation is 2. The van der Waals surface area contributed by atoms with E-state index in [1.807, 2.05) is 75.4 Å². The van der Waals surface area contributed by atoms with E-state index in [-0.39, 0.29) is 29.5 Å². The molecule has 0 aliphatic carbocycles. The van der Waals surface area contributed by atoms with Crippen molar-refractivity contribution < 1.29 is 18.0 Å². The number of hydrogen-bond acceptors (Lipinski definition) is 4. The van der Waals surface area contributed by atoms with Gasteiger partial charge >= 0.3 is 0 Å². The first-order valence-electron chi connectivity index (χ1n) is 15.1. The topological polar surface area (TPSA) is 86.8 Å². The number of sulfonamides is 1. The minimum Gasteiger partial charge on any atom is -0.354 e. The molecule has 0 aromatic heterocycles. The maximum Gasteiger partial charge on any atom is 0.264 e. The molecule has 0 aliphatic rings. The number of rotatable bonds is 14. The minimum absolute atomic E-state index is 0.0397. The summed E-state index contributed by atoms with van der Waals surface area (Å²) in [6, 6.07) is 29.3. The van der Waals surface area contributed by atoms with Crippen LogP contribution in [0, 0.1) is 13.8 Å². The number of carbonyl (C=O) groups excluding carboxylic acids is 2. The second-order valence-corrected chi connectivity index (χ2v) is 13.4. The molecule has 1 N–H and O–H groups in total. The third kappa shape index (κ3) is 8.96. The zero-order chi connectivity index (χ0) is 32.4. The van der Waals surface area contributed by atoms with E-state index in [4.69, 9.17) is 11.6 Å². The van der Waals surface area contributed by atoms with E-state index in [1.165, 1.54) is 17.0 Å². The van der Waals surface area contributed by atoms with Gasteiger partial charge in [0.15, 0.2) is 0 Å². The van der Waals surface area contributed by atoms with E-state index in [9.17, 15) is 18.0 Å². The van der Waals surface area contributed by atoms with Crippen molar-refractivity contribution >= 4 is 39.1 Å². The molecule has 0 bridgehead atoms. The zero-order valence-electron chi connectivity index (χ0n) is 25.9. The van der Waals surface area contributed by atoms with Crippen LogP contribution in [0.5, 0.6) is 0 Å². The molecule has 7 nitrogen and oxygen atoms in total. The molecule has 4 aromatic rings. The quantitative estimate of drug-likeness (QED) is 0.155. The molecule has 0 fully saturated rings. The number of anilines is 1. The molecule has 45 heavy (non-hydrogen) atoms. The molecule has 0 radical (unpaired) electrons. The van der Waals surface area contributed by atoms with Crippen molar-refractivity contribution in [3.8, 4) is 0 Å². The number of carbonyl (C=O) groups is 2. The Morgan fingerprint density at radius 3 is 2.16 bits per heavy atom. The lowest BCUT2D eigenvalue weighted by Crippen LogP contribution is -2.53. The molecule has 0 aliphatic heterocycles. The van der Waals surface area contributed by atoms with Gasteiger partial charge in [-0.15, -0.1) is 0 Å². The lowest BCUT2D eigenvalue weighted by molar-refractivity contribution is -0.140. The van der Waals surface area contributed by atoms with E-state index >= 15 is 0 Å². The molecule has 9 heteroatoms. The first kappa shape index (κ1) is 33.7. The van der Waals surface area contributed by atoms with Crippen LogP contribution in [0.25, 0.3) is 0 Å². The van der Waals surface area contributed by atoms with Crippen LogP contribution in [0.15, 0.2) is 108 Å². The van der Waals surface area contributed by atoms with Gasteiger partial charge in [-0.3, -0.25) is 13.9 Å². The van der Waals surface area contributed by atoms with Gasteiger partial charge in [-0.1, -0.05) is 109 Å². The fourth-order valence-corrected chi connectivity index (χ4v) is 6.65. The molecule has 0 saturated heterocycles. The molecule has 236 valence electrons. The SMILES string of the molecule is CCCCNC(=O)[C@@H](Cc1ccccc1)N(Cc1cccc(C)c1)C(=O)CN(c1ccc(C)c(Cl)c1)S(=O)(=O)c1ccccc1. The molecule has 4 rings (SSSR count). The number of hydrogen-bond donors (Lipinski definition) is 1. The van der Waals surface area contributed by atoms with Gasteiger partial charge in [-0.05, 0) is 61.2 Å². The number of amides is 2. The molecular formula is C36H40ClN3O4S. The van der Waals surface area contributed by atoms with Gasteiger partial charge in [0.25, 0.3) is 10.0 Å². The van der Waals surface area contributed by atoms with Crippen molar-refractivity contribution in [3.63, 3.8) is 0 Å². The Labute approximate surface area is 271 Å². The minimum atomic E-state index is -4.19. The predicted molar refractivity (Wildman–Crippen MR) is 181 cm³/mol. The van der Waals surface area contributed by atoms with Gasteiger partial charge in [0.05, 0.1) is 10.6 Å². The Bertz CT molecular complexity index is 1700. The monoisotopic (exact) mass is 645 g/mol. The van der Waals surface area contributed by atoms with Crippen molar-refractivity contribution in [2.45, 2.75) is 57.5 Å². The van der Waals surface area contributed by atoms with Gasteiger partial charge in [-0.2, -0.15) is 0 Å². The molecule has 4 aromatic carbocycles. The molecule has 0 spiro atoms. The highest BCUT2D eigenvalue weighted by Crippen LogP contribution is 2.29. The Hall–Kier alpha value is -4.14. The maximum atomic E-state index is 14.5. The fourth-order valence-electron chi connectivity index (χ4n) is 5.05. The summed E-state index contributed by atoms with van der Waals surface area (Å²) in [5, 5.41) is 3.39. The Balaban J connectivity index is 1.80. The van der Waals surface area contributed by atoms with Gasteiger partial charge in [0.2, 0.25) is 11.8 Å². The summed E-state index contributed by atoms with van der Waals surface area (Å²) in [5.41, 5.74) is 3.75. The zero-order valence-corrected chi connectivity index (χ0v) is 27.5. The Kier molecular flexibility index (Phi) is 11.8. The van der Waals surface area contributed by atoms with Gasteiger partial charge in [-0.25, -0.2) is 8.42 Å². The van der Waals surface area contributed by atoms with Crippen LogP contribution in [0.1, 0.15) is 42.0 Å². The van der Waals surface area contributed by atoms with Crippen LogP contribution < -0.4 is 9.62 Å². The summed E-state index contributed by atoms with van der Waals surface area (Å²) in [6.45, 7) is 5.89. The third-order valence-corrected chi connectivity index (χ3v) is 9.78. The van der Waals surface area contributed by atoms with Crippen molar-refractivity contribution in [2.75, 3.05) is 17.4 Å². The van der Waals surface area contributed by atoms with Crippen LogP contribution in [0.3, 0.4) is 0 Å². The lowest BCUT2D eigenvalue weighted by atomic mass is 10.0. The average Bonchev–Trinajstić information content (AvgIpc) is 3.03. The first-order valence-corrected chi connectivity index (χ1v) is 16.9. The van der Waals surface area contributed by atoms with E-state index in [1.54, 1.807) is 36.4 Å². The number of benzene rings is 4. The van der Waals surface area contributed by atoms with Crippen molar-refractivity contribution in [1.29, 1.82) is 0 Å². The summed E-state index contributed by atoms with van der Waals surface area (Å²) in [4.78, 5) is 29.9. The normalized spacial score (nSPS) is 11.9. The Morgan fingerprint density at radius 2 is 1.51 bits per heavy atom. The smallest absolute Gasteiger partial charge is 0.264 e. The predicted octanol–water partition coefficient (Wildman–Crippen LogP) is 6.71. The molecule has 0 unspecified atom stereocenters. The van der Waals surface area contributed by atoms with Crippen molar-refractivity contribution in [1.82, 2.24) is 10.2 Å². The molecular weight excluding hydrogens is 606 g/mol. The van der Waals surface area contributed by atoms with Crippen LogP contribution in [-0.2, 0) is 32.6 Å². The number of nitrogens with zero attached hydrogens (tertiary/aromatic N) is 2. The summed E-state index contributed by atoms with van der Waals surface area (Å²) in [5.74, 6) is -0.802. The number of unbranched alkanes of at least 4 members (excludes halogenated alkanes) is 1. The third-order valence-electron chi connectivity index (χ3n) is 7.59. The highest BCUT2D eigenvalue weighted by molar-refractivity contribution is 7.92. The largest absolute Gasteiger partial charge is 0.354 e. The van der Waals surface area contributed by atoms with E-state index < -0.39 is 28.5 Å². The summed E-state index contributed by atoms with van der Waals surface area (Å²) < 4.78 is 29.3. The molecule has 0 heterocycles. The molecule has 0 saturated carbocycles. The molecule has 2 amide bonds. The lowest BCUT2D eigenvalue weighted by Gasteiger charge is -2.34.